The largest absolute Gasteiger partial charge is 0.325 e. The zero-order chi connectivity index (χ0) is 13.1. The Morgan fingerprint density at radius 3 is 2.53 bits per heavy atom. The molecule has 0 aliphatic heterocycles. The van der Waals surface area contributed by atoms with Gasteiger partial charge in [0.25, 0.3) is 0 Å². The summed E-state index contributed by atoms with van der Waals surface area (Å²) < 4.78 is 22.7. The number of carbonyl (C=O) groups excluding carboxylic acids is 1. The molecule has 0 aliphatic carbocycles. The van der Waals surface area contributed by atoms with Crippen LogP contribution in [0.25, 0.3) is 0 Å². The van der Waals surface area contributed by atoms with Crippen molar-refractivity contribution in [3.8, 4) is 0 Å². The van der Waals surface area contributed by atoms with E-state index >= 15 is 0 Å². The van der Waals surface area contributed by atoms with Crippen LogP contribution in [0.3, 0.4) is 0 Å². The number of likely N-dealkylation sites (N-methyl/N-ethyl adjacent to an activating group) is 1. The van der Waals surface area contributed by atoms with Crippen molar-refractivity contribution in [1.29, 1.82) is 0 Å². The SMILES string of the molecule is CN(C)CC(=O)Nc1cccc(S(C)(=O)=O)c1. The lowest BCUT2D eigenvalue weighted by Crippen LogP contribution is -2.27. The van der Waals surface area contributed by atoms with E-state index in [0.717, 1.165) is 6.26 Å². The highest BCUT2D eigenvalue weighted by Gasteiger charge is 2.09. The van der Waals surface area contributed by atoms with Crippen LogP contribution < -0.4 is 5.32 Å². The molecular formula is C11H16N2O3S. The molecule has 0 saturated carbocycles. The van der Waals surface area contributed by atoms with Gasteiger partial charge in [-0.25, -0.2) is 8.42 Å². The normalized spacial score (nSPS) is 11.5. The third kappa shape index (κ3) is 4.54. The number of carbonyl (C=O) groups is 1. The maximum atomic E-state index is 11.5. The van der Waals surface area contributed by atoms with E-state index in [1.165, 1.54) is 12.1 Å². The molecule has 0 heterocycles. The minimum Gasteiger partial charge on any atom is -0.325 e. The molecule has 1 amide bonds. The third-order valence-corrected chi connectivity index (χ3v) is 3.12. The van der Waals surface area contributed by atoms with Gasteiger partial charge < -0.3 is 10.2 Å². The Morgan fingerprint density at radius 2 is 2.00 bits per heavy atom. The number of sulfone groups is 1. The average molecular weight is 256 g/mol. The predicted molar refractivity (Wildman–Crippen MR) is 66.7 cm³/mol. The van der Waals surface area contributed by atoms with Crippen LogP contribution >= 0.6 is 0 Å². The van der Waals surface area contributed by atoms with Crippen LogP contribution in [0.4, 0.5) is 5.69 Å². The van der Waals surface area contributed by atoms with Crippen molar-refractivity contribution in [3.05, 3.63) is 24.3 Å². The number of anilines is 1. The zero-order valence-electron chi connectivity index (χ0n) is 10.1. The van der Waals surface area contributed by atoms with Crippen LogP contribution in [-0.2, 0) is 14.6 Å². The number of amides is 1. The van der Waals surface area contributed by atoms with Crippen LogP contribution in [0.5, 0.6) is 0 Å². The van der Waals surface area contributed by atoms with Crippen molar-refractivity contribution in [2.45, 2.75) is 4.90 Å². The molecule has 1 aromatic carbocycles. The molecule has 0 saturated heterocycles. The quantitative estimate of drug-likeness (QED) is 0.856. The molecule has 1 N–H and O–H groups in total. The summed E-state index contributed by atoms with van der Waals surface area (Å²) in [6.45, 7) is 0.253. The van der Waals surface area contributed by atoms with Gasteiger partial charge in [-0.05, 0) is 32.3 Å². The van der Waals surface area contributed by atoms with Gasteiger partial charge in [-0.3, -0.25) is 4.79 Å². The van der Waals surface area contributed by atoms with Gasteiger partial charge in [-0.1, -0.05) is 6.07 Å². The average Bonchev–Trinajstić information content (AvgIpc) is 2.15. The molecule has 0 aliphatic rings. The molecular weight excluding hydrogens is 240 g/mol. The topological polar surface area (TPSA) is 66.5 Å². The molecule has 0 fully saturated rings. The van der Waals surface area contributed by atoms with E-state index in [-0.39, 0.29) is 17.3 Å². The van der Waals surface area contributed by atoms with E-state index < -0.39 is 9.84 Å². The summed E-state index contributed by atoms with van der Waals surface area (Å²) in [4.78, 5) is 13.4. The molecule has 1 rings (SSSR count). The standard InChI is InChI=1S/C11H16N2O3S/c1-13(2)8-11(14)12-9-5-4-6-10(7-9)17(3,15)16/h4-7H,8H2,1-3H3,(H,12,14). The minimum absolute atomic E-state index is 0.180. The first kappa shape index (κ1) is 13.7. The Morgan fingerprint density at radius 1 is 1.35 bits per heavy atom. The van der Waals surface area contributed by atoms with E-state index in [0.29, 0.717) is 5.69 Å². The summed E-state index contributed by atoms with van der Waals surface area (Å²) in [5.41, 5.74) is 0.486. The van der Waals surface area contributed by atoms with Crippen LogP contribution in [0, 0.1) is 0 Å². The number of nitrogens with one attached hydrogen (secondary N) is 1. The highest BCUT2D eigenvalue weighted by molar-refractivity contribution is 7.90. The van der Waals surface area contributed by atoms with Gasteiger partial charge in [0.1, 0.15) is 0 Å². The third-order valence-electron chi connectivity index (χ3n) is 2.01. The van der Waals surface area contributed by atoms with Gasteiger partial charge >= 0.3 is 0 Å². The first-order valence-electron chi connectivity index (χ1n) is 5.04. The summed E-state index contributed by atoms with van der Waals surface area (Å²) >= 11 is 0. The molecule has 0 unspecified atom stereocenters. The molecule has 6 heteroatoms. The Bertz CT molecular complexity index is 509. The van der Waals surface area contributed by atoms with Crippen LogP contribution in [0.15, 0.2) is 29.2 Å². The molecule has 5 nitrogen and oxygen atoms in total. The highest BCUT2D eigenvalue weighted by atomic mass is 32.2. The van der Waals surface area contributed by atoms with E-state index in [4.69, 9.17) is 0 Å². The lowest BCUT2D eigenvalue weighted by Gasteiger charge is -2.10. The smallest absolute Gasteiger partial charge is 0.238 e. The number of hydrogen-bond acceptors (Lipinski definition) is 4. The Kier molecular flexibility index (Phi) is 4.25. The van der Waals surface area contributed by atoms with Gasteiger partial charge in [-0.15, -0.1) is 0 Å². The fourth-order valence-electron chi connectivity index (χ4n) is 1.29. The summed E-state index contributed by atoms with van der Waals surface area (Å²) in [5, 5.41) is 2.64. The van der Waals surface area contributed by atoms with E-state index in [2.05, 4.69) is 5.32 Å². The molecule has 0 bridgehead atoms. The van der Waals surface area contributed by atoms with Crippen molar-refractivity contribution in [2.24, 2.45) is 0 Å². The second-order valence-electron chi connectivity index (χ2n) is 4.09. The fourth-order valence-corrected chi connectivity index (χ4v) is 1.96. The monoisotopic (exact) mass is 256 g/mol. The number of rotatable bonds is 4. The van der Waals surface area contributed by atoms with Gasteiger partial charge in [0.2, 0.25) is 5.91 Å². The van der Waals surface area contributed by atoms with E-state index in [1.807, 2.05) is 0 Å². The van der Waals surface area contributed by atoms with Crippen molar-refractivity contribution < 1.29 is 13.2 Å². The molecule has 0 aromatic heterocycles. The lowest BCUT2D eigenvalue weighted by atomic mass is 10.3. The molecule has 0 spiro atoms. The van der Waals surface area contributed by atoms with Gasteiger partial charge in [0.15, 0.2) is 9.84 Å². The van der Waals surface area contributed by atoms with Crippen molar-refractivity contribution in [3.63, 3.8) is 0 Å². The Balaban J connectivity index is 2.83. The summed E-state index contributed by atoms with van der Waals surface area (Å²) in [6.07, 6.45) is 1.13. The Hall–Kier alpha value is -1.40. The number of benzene rings is 1. The van der Waals surface area contributed by atoms with E-state index in [1.54, 1.807) is 31.1 Å². The Labute approximate surface area is 101 Å². The first-order valence-corrected chi connectivity index (χ1v) is 6.93. The van der Waals surface area contributed by atoms with E-state index in [9.17, 15) is 13.2 Å². The molecule has 17 heavy (non-hydrogen) atoms. The van der Waals surface area contributed by atoms with Crippen molar-refractivity contribution in [1.82, 2.24) is 4.90 Å². The van der Waals surface area contributed by atoms with Crippen LogP contribution in [0.2, 0.25) is 0 Å². The van der Waals surface area contributed by atoms with Gasteiger partial charge in [-0.2, -0.15) is 0 Å². The minimum atomic E-state index is -3.25. The maximum absolute atomic E-state index is 11.5. The summed E-state index contributed by atoms with van der Waals surface area (Å²) in [6, 6.07) is 6.20. The van der Waals surface area contributed by atoms with Crippen LogP contribution in [-0.4, -0.2) is 46.1 Å². The number of nitrogens with zero attached hydrogens (tertiary/aromatic N) is 1. The maximum Gasteiger partial charge on any atom is 0.238 e. The van der Waals surface area contributed by atoms with Gasteiger partial charge in [0, 0.05) is 11.9 Å². The predicted octanol–water partition coefficient (Wildman–Crippen LogP) is 0.590. The second kappa shape index (κ2) is 5.29. The molecule has 0 radical (unpaired) electrons. The highest BCUT2D eigenvalue weighted by Crippen LogP contribution is 2.15. The fraction of sp³-hybridized carbons (Fsp3) is 0.364. The van der Waals surface area contributed by atoms with Crippen molar-refractivity contribution in [2.75, 3.05) is 32.2 Å². The summed E-state index contributed by atoms with van der Waals surface area (Å²) in [7, 11) is 0.323. The van der Waals surface area contributed by atoms with Gasteiger partial charge in [0.05, 0.1) is 11.4 Å². The van der Waals surface area contributed by atoms with Crippen molar-refractivity contribution >= 4 is 21.4 Å². The molecule has 94 valence electrons. The molecule has 0 atom stereocenters. The second-order valence-corrected chi connectivity index (χ2v) is 6.10. The zero-order valence-corrected chi connectivity index (χ0v) is 10.9. The van der Waals surface area contributed by atoms with Crippen LogP contribution in [0.1, 0.15) is 0 Å². The summed E-state index contributed by atoms with van der Waals surface area (Å²) in [5.74, 6) is -0.180. The number of hydrogen-bond donors (Lipinski definition) is 1. The first-order chi connectivity index (χ1) is 7.79. The lowest BCUT2D eigenvalue weighted by molar-refractivity contribution is -0.116. The molecule has 1 aromatic rings.